The van der Waals surface area contributed by atoms with E-state index in [0.29, 0.717) is 17.9 Å². The van der Waals surface area contributed by atoms with Gasteiger partial charge in [0.2, 0.25) is 9.84 Å². The summed E-state index contributed by atoms with van der Waals surface area (Å²) in [6, 6.07) is 13.2. The molecule has 0 saturated carbocycles. The summed E-state index contributed by atoms with van der Waals surface area (Å²) in [5, 5.41) is 9.42. The summed E-state index contributed by atoms with van der Waals surface area (Å²) in [6.07, 6.45) is 2.16. The molecule has 0 fully saturated rings. The first-order valence-corrected chi connectivity index (χ1v) is 10.5. The second kappa shape index (κ2) is 8.65. The lowest BCUT2D eigenvalue weighted by Crippen LogP contribution is -2.04. The number of sulfone groups is 1. The van der Waals surface area contributed by atoms with Crippen molar-refractivity contribution in [3.05, 3.63) is 61.9 Å². The first kappa shape index (κ1) is 19.7. The molecule has 0 aromatic heterocycles. The number of hydrogen-bond donors (Lipinski definition) is 0. The van der Waals surface area contributed by atoms with Crippen LogP contribution in [-0.2, 0) is 9.84 Å². The highest BCUT2D eigenvalue weighted by Crippen LogP contribution is 2.29. The van der Waals surface area contributed by atoms with Crippen LogP contribution in [0.5, 0.6) is 5.75 Å². The lowest BCUT2D eigenvalue weighted by Gasteiger charge is -2.10. The number of halogens is 2. The summed E-state index contributed by atoms with van der Waals surface area (Å²) in [5.41, 5.74) is 0.528. The predicted molar refractivity (Wildman–Crippen MR) is 105 cm³/mol. The molecule has 0 unspecified atom stereocenters. The monoisotopic (exact) mass is 483 g/mol. The molecule has 2 rings (SSSR count). The minimum absolute atomic E-state index is 0.0644. The van der Waals surface area contributed by atoms with Gasteiger partial charge in [0, 0.05) is 14.5 Å². The highest BCUT2D eigenvalue weighted by atomic mass is 79.9. The van der Waals surface area contributed by atoms with Crippen LogP contribution in [0.4, 0.5) is 0 Å². The SMILES string of the molecule is CCCOc1ccc(Br)cc1C=C(C#N)S(=O)(=O)c1ccc(Br)cc1. The van der Waals surface area contributed by atoms with E-state index in [0.717, 1.165) is 15.4 Å². The topological polar surface area (TPSA) is 67.2 Å². The average molecular weight is 485 g/mol. The van der Waals surface area contributed by atoms with Gasteiger partial charge in [-0.25, -0.2) is 8.42 Å². The Morgan fingerprint density at radius 1 is 1.16 bits per heavy atom. The number of rotatable bonds is 6. The Morgan fingerprint density at radius 2 is 1.80 bits per heavy atom. The maximum absolute atomic E-state index is 12.7. The Balaban J connectivity index is 2.52. The fourth-order valence-electron chi connectivity index (χ4n) is 2.03. The molecule has 0 atom stereocenters. The van der Waals surface area contributed by atoms with Crippen molar-refractivity contribution in [3.63, 3.8) is 0 Å². The van der Waals surface area contributed by atoms with E-state index in [9.17, 15) is 13.7 Å². The third-order valence-electron chi connectivity index (χ3n) is 3.24. The van der Waals surface area contributed by atoms with Crippen LogP contribution in [0.2, 0.25) is 0 Å². The van der Waals surface area contributed by atoms with Crippen molar-refractivity contribution in [2.45, 2.75) is 18.2 Å². The maximum atomic E-state index is 12.7. The summed E-state index contributed by atoms with van der Waals surface area (Å²) in [5.74, 6) is 0.531. The average Bonchev–Trinajstić information content (AvgIpc) is 2.59. The summed E-state index contributed by atoms with van der Waals surface area (Å²) in [4.78, 5) is -0.274. The maximum Gasteiger partial charge on any atom is 0.216 e. The Labute approximate surface area is 164 Å². The van der Waals surface area contributed by atoms with Crippen molar-refractivity contribution in [3.8, 4) is 11.8 Å². The molecule has 0 amide bonds. The molecule has 7 heteroatoms. The van der Waals surface area contributed by atoms with E-state index >= 15 is 0 Å². The molecule has 0 radical (unpaired) electrons. The van der Waals surface area contributed by atoms with Crippen LogP contribution in [0.1, 0.15) is 18.9 Å². The normalized spacial score (nSPS) is 11.8. The van der Waals surface area contributed by atoms with Gasteiger partial charge >= 0.3 is 0 Å². The zero-order valence-corrected chi connectivity index (χ0v) is 17.4. The van der Waals surface area contributed by atoms with E-state index in [2.05, 4.69) is 31.9 Å². The van der Waals surface area contributed by atoms with Gasteiger partial charge in [0.1, 0.15) is 16.7 Å². The van der Waals surface area contributed by atoms with Crippen molar-refractivity contribution in [1.82, 2.24) is 0 Å². The predicted octanol–water partition coefficient (Wildman–Crippen LogP) is 5.34. The molecular formula is C18H15Br2NO3S. The van der Waals surface area contributed by atoms with E-state index in [-0.39, 0.29) is 9.80 Å². The number of benzene rings is 2. The number of nitriles is 1. The first-order chi connectivity index (χ1) is 11.9. The van der Waals surface area contributed by atoms with Gasteiger partial charge < -0.3 is 4.74 Å². The van der Waals surface area contributed by atoms with Crippen molar-refractivity contribution < 1.29 is 13.2 Å². The molecular weight excluding hydrogens is 470 g/mol. The van der Waals surface area contributed by atoms with Gasteiger partial charge in [-0.1, -0.05) is 38.8 Å². The summed E-state index contributed by atoms with van der Waals surface area (Å²) >= 11 is 6.62. The summed E-state index contributed by atoms with van der Waals surface area (Å²) in [6.45, 7) is 2.48. The third kappa shape index (κ3) is 4.94. The number of ether oxygens (including phenoxy) is 1. The van der Waals surface area contributed by atoms with Crippen molar-refractivity contribution in [1.29, 1.82) is 5.26 Å². The summed E-state index contributed by atoms with van der Waals surface area (Å²) in [7, 11) is -3.91. The van der Waals surface area contributed by atoms with Gasteiger partial charge in [-0.2, -0.15) is 5.26 Å². The number of allylic oxidation sites excluding steroid dienone is 1. The van der Waals surface area contributed by atoms with Crippen LogP contribution in [0, 0.1) is 11.3 Å². The van der Waals surface area contributed by atoms with Gasteiger partial charge in [-0.3, -0.25) is 0 Å². The van der Waals surface area contributed by atoms with Crippen LogP contribution in [0.3, 0.4) is 0 Å². The molecule has 0 aliphatic carbocycles. The second-order valence-electron chi connectivity index (χ2n) is 5.11. The van der Waals surface area contributed by atoms with Gasteiger partial charge in [0.05, 0.1) is 11.5 Å². The van der Waals surface area contributed by atoms with E-state index < -0.39 is 9.84 Å². The molecule has 0 aliphatic heterocycles. The standard InChI is InChI=1S/C18H15Br2NO3S/c1-2-9-24-18-8-5-15(20)10-13(18)11-17(12-21)25(22,23)16-6-3-14(19)4-7-16/h3-8,10-11H,2,9H2,1H3. The van der Waals surface area contributed by atoms with Crippen LogP contribution < -0.4 is 4.74 Å². The highest BCUT2D eigenvalue weighted by molar-refractivity contribution is 9.10. The fourth-order valence-corrected chi connectivity index (χ4v) is 3.82. The molecule has 2 aromatic rings. The number of hydrogen-bond acceptors (Lipinski definition) is 4. The zero-order chi connectivity index (χ0) is 18.4. The van der Waals surface area contributed by atoms with Crippen molar-refractivity contribution >= 4 is 47.8 Å². The largest absolute Gasteiger partial charge is 0.493 e. The highest BCUT2D eigenvalue weighted by Gasteiger charge is 2.21. The van der Waals surface area contributed by atoms with Crippen LogP contribution in [0.25, 0.3) is 6.08 Å². The van der Waals surface area contributed by atoms with Crippen molar-refractivity contribution in [2.24, 2.45) is 0 Å². The number of nitrogens with zero attached hydrogens (tertiary/aromatic N) is 1. The van der Waals surface area contributed by atoms with E-state index in [1.165, 1.54) is 18.2 Å². The second-order valence-corrected chi connectivity index (χ2v) is 8.86. The van der Waals surface area contributed by atoms with Gasteiger partial charge in [-0.05, 0) is 55.0 Å². The van der Waals surface area contributed by atoms with E-state index in [1.54, 1.807) is 36.4 Å². The molecule has 130 valence electrons. The third-order valence-corrected chi connectivity index (χ3v) is 5.95. The molecule has 0 aliphatic rings. The van der Waals surface area contributed by atoms with Gasteiger partial charge in [-0.15, -0.1) is 0 Å². The van der Waals surface area contributed by atoms with Crippen LogP contribution in [-0.4, -0.2) is 15.0 Å². The fraction of sp³-hybridized carbons (Fsp3) is 0.167. The minimum atomic E-state index is -3.91. The lowest BCUT2D eigenvalue weighted by molar-refractivity contribution is 0.317. The molecule has 0 bridgehead atoms. The molecule has 0 spiro atoms. The minimum Gasteiger partial charge on any atom is -0.493 e. The Hall–Kier alpha value is -1.62. The molecule has 4 nitrogen and oxygen atoms in total. The van der Waals surface area contributed by atoms with E-state index in [4.69, 9.17) is 4.74 Å². The van der Waals surface area contributed by atoms with Crippen molar-refractivity contribution in [2.75, 3.05) is 6.61 Å². The van der Waals surface area contributed by atoms with Gasteiger partial charge in [0.25, 0.3) is 0 Å². The molecule has 0 N–H and O–H groups in total. The molecule has 25 heavy (non-hydrogen) atoms. The van der Waals surface area contributed by atoms with Crippen LogP contribution in [0.15, 0.2) is 61.2 Å². The molecule has 0 heterocycles. The molecule has 0 saturated heterocycles. The Morgan fingerprint density at radius 3 is 2.40 bits per heavy atom. The van der Waals surface area contributed by atoms with E-state index in [1.807, 2.05) is 6.92 Å². The Kier molecular flexibility index (Phi) is 6.82. The quantitative estimate of drug-likeness (QED) is 0.519. The molecule has 2 aromatic carbocycles. The van der Waals surface area contributed by atoms with Crippen LogP contribution >= 0.6 is 31.9 Å². The zero-order valence-electron chi connectivity index (χ0n) is 13.4. The van der Waals surface area contributed by atoms with Gasteiger partial charge in [0.15, 0.2) is 0 Å². The smallest absolute Gasteiger partial charge is 0.216 e. The Bertz CT molecular complexity index is 930. The summed E-state index contributed by atoms with van der Waals surface area (Å²) < 4.78 is 32.6. The lowest BCUT2D eigenvalue weighted by atomic mass is 10.2. The first-order valence-electron chi connectivity index (χ1n) is 7.43.